The van der Waals surface area contributed by atoms with Gasteiger partial charge in [-0.2, -0.15) is 0 Å². The van der Waals surface area contributed by atoms with Crippen molar-refractivity contribution in [1.82, 2.24) is 10.0 Å². The number of benzene rings is 1. The van der Waals surface area contributed by atoms with Crippen LogP contribution in [0.1, 0.15) is 32.3 Å². The Morgan fingerprint density at radius 3 is 2.50 bits per heavy atom. The molecule has 4 nitrogen and oxygen atoms in total. The molecule has 0 amide bonds. The van der Waals surface area contributed by atoms with Crippen molar-refractivity contribution in [2.75, 3.05) is 7.05 Å². The van der Waals surface area contributed by atoms with E-state index in [1.165, 1.54) is 0 Å². The Bertz CT molecular complexity index is 562. The Labute approximate surface area is 118 Å². The molecule has 1 unspecified atom stereocenters. The third kappa shape index (κ3) is 4.22. The molecule has 2 N–H and O–H groups in total. The summed E-state index contributed by atoms with van der Waals surface area (Å²) in [6.45, 7) is 3.86. The number of sulfonamides is 1. The summed E-state index contributed by atoms with van der Waals surface area (Å²) < 4.78 is 53.8. The Kier molecular flexibility index (Phi) is 6.04. The number of nitrogens with one attached hydrogen (secondary N) is 2. The predicted molar refractivity (Wildman–Crippen MR) is 73.8 cm³/mol. The molecule has 0 aromatic heterocycles. The van der Waals surface area contributed by atoms with Crippen molar-refractivity contribution < 1.29 is 17.2 Å². The number of halogens is 2. The van der Waals surface area contributed by atoms with Gasteiger partial charge >= 0.3 is 0 Å². The molecule has 0 saturated carbocycles. The third-order valence-electron chi connectivity index (χ3n) is 2.80. The summed E-state index contributed by atoms with van der Waals surface area (Å²) >= 11 is 0. The average Bonchev–Trinajstić information content (AvgIpc) is 2.33. The molecule has 0 fully saturated rings. The normalized spacial score (nSPS) is 13.4. The number of hydrogen-bond donors (Lipinski definition) is 2. The van der Waals surface area contributed by atoms with Gasteiger partial charge in [0.15, 0.2) is 11.6 Å². The van der Waals surface area contributed by atoms with Gasteiger partial charge in [-0.05, 0) is 38.1 Å². The quantitative estimate of drug-likeness (QED) is 0.811. The van der Waals surface area contributed by atoms with Crippen molar-refractivity contribution in [3.8, 4) is 0 Å². The summed E-state index contributed by atoms with van der Waals surface area (Å²) in [6.07, 6.45) is 1.42. The Morgan fingerprint density at radius 1 is 1.30 bits per heavy atom. The lowest BCUT2D eigenvalue weighted by atomic mass is 10.2. The van der Waals surface area contributed by atoms with E-state index >= 15 is 0 Å². The van der Waals surface area contributed by atoms with Gasteiger partial charge in [-0.15, -0.1) is 0 Å². The van der Waals surface area contributed by atoms with Crippen LogP contribution >= 0.6 is 0 Å². The first-order valence-electron chi connectivity index (χ1n) is 6.46. The molecule has 0 heterocycles. The van der Waals surface area contributed by atoms with Gasteiger partial charge in [0.2, 0.25) is 10.0 Å². The summed E-state index contributed by atoms with van der Waals surface area (Å²) in [5.41, 5.74) is 0.370. The van der Waals surface area contributed by atoms with E-state index in [1.54, 1.807) is 14.0 Å². The van der Waals surface area contributed by atoms with Crippen LogP contribution in [0.3, 0.4) is 0 Å². The molecular formula is C13H20F2N2O2S. The van der Waals surface area contributed by atoms with Gasteiger partial charge in [-0.3, -0.25) is 0 Å². The van der Waals surface area contributed by atoms with Crippen LogP contribution in [0, 0.1) is 11.6 Å². The lowest BCUT2D eigenvalue weighted by molar-refractivity contribution is 0.477. The number of rotatable bonds is 7. The van der Waals surface area contributed by atoms with Crippen molar-refractivity contribution in [3.05, 3.63) is 29.3 Å². The fourth-order valence-electron chi connectivity index (χ4n) is 1.94. The maximum absolute atomic E-state index is 13.7. The van der Waals surface area contributed by atoms with Crippen molar-refractivity contribution in [3.63, 3.8) is 0 Å². The topological polar surface area (TPSA) is 58.2 Å². The van der Waals surface area contributed by atoms with Crippen LogP contribution in [0.4, 0.5) is 8.78 Å². The van der Waals surface area contributed by atoms with Gasteiger partial charge in [0.25, 0.3) is 0 Å². The lowest BCUT2D eigenvalue weighted by Gasteiger charge is -2.14. The van der Waals surface area contributed by atoms with Crippen LogP contribution < -0.4 is 10.0 Å². The van der Waals surface area contributed by atoms with Crippen LogP contribution in [0.2, 0.25) is 0 Å². The van der Waals surface area contributed by atoms with E-state index < -0.39 is 26.6 Å². The first kappa shape index (κ1) is 17.0. The molecule has 0 bridgehead atoms. The lowest BCUT2D eigenvalue weighted by Crippen LogP contribution is -2.33. The molecule has 0 spiro atoms. The van der Waals surface area contributed by atoms with Crippen molar-refractivity contribution in [2.45, 2.75) is 44.2 Å². The minimum Gasteiger partial charge on any atom is -0.316 e. The summed E-state index contributed by atoms with van der Waals surface area (Å²) in [5.74, 6) is -2.51. The van der Waals surface area contributed by atoms with E-state index in [0.717, 1.165) is 18.6 Å². The smallest absolute Gasteiger partial charge is 0.243 e. The summed E-state index contributed by atoms with van der Waals surface area (Å²) in [7, 11) is -2.43. The molecule has 1 atom stereocenters. The van der Waals surface area contributed by atoms with E-state index in [-0.39, 0.29) is 12.6 Å². The molecule has 0 aliphatic carbocycles. The fourth-order valence-corrected chi connectivity index (χ4v) is 3.35. The third-order valence-corrected chi connectivity index (χ3v) is 4.39. The second-order valence-corrected chi connectivity index (χ2v) is 6.41. The summed E-state index contributed by atoms with van der Waals surface area (Å²) in [5, 5.41) is 2.77. The molecule has 1 rings (SSSR count). The first-order valence-corrected chi connectivity index (χ1v) is 7.95. The highest BCUT2D eigenvalue weighted by molar-refractivity contribution is 7.89. The van der Waals surface area contributed by atoms with Gasteiger partial charge in [-0.1, -0.05) is 13.3 Å². The minimum absolute atomic E-state index is 0.254. The van der Waals surface area contributed by atoms with Gasteiger partial charge in [0, 0.05) is 12.6 Å². The molecule has 20 heavy (non-hydrogen) atoms. The zero-order valence-corrected chi connectivity index (χ0v) is 12.7. The molecule has 1 aromatic carbocycles. The maximum Gasteiger partial charge on any atom is 0.243 e. The van der Waals surface area contributed by atoms with Gasteiger partial charge in [-0.25, -0.2) is 21.9 Å². The van der Waals surface area contributed by atoms with Crippen molar-refractivity contribution in [1.29, 1.82) is 0 Å². The monoisotopic (exact) mass is 306 g/mol. The van der Waals surface area contributed by atoms with Gasteiger partial charge in [0.05, 0.1) is 0 Å². The Balaban J connectivity index is 3.16. The highest BCUT2D eigenvalue weighted by Gasteiger charge is 2.24. The molecule has 114 valence electrons. The zero-order chi connectivity index (χ0) is 15.3. The van der Waals surface area contributed by atoms with Crippen LogP contribution in [-0.2, 0) is 16.6 Å². The van der Waals surface area contributed by atoms with E-state index in [1.807, 2.05) is 6.92 Å². The largest absolute Gasteiger partial charge is 0.316 e. The minimum atomic E-state index is -4.07. The Hall–Kier alpha value is -1.05. The maximum atomic E-state index is 13.7. The van der Waals surface area contributed by atoms with Crippen molar-refractivity contribution >= 4 is 10.0 Å². The van der Waals surface area contributed by atoms with E-state index in [9.17, 15) is 17.2 Å². The molecule has 0 aliphatic heterocycles. The summed E-state index contributed by atoms with van der Waals surface area (Å²) in [4.78, 5) is -0.647. The highest BCUT2D eigenvalue weighted by Crippen LogP contribution is 2.20. The van der Waals surface area contributed by atoms with Gasteiger partial charge < -0.3 is 5.32 Å². The van der Waals surface area contributed by atoms with E-state index in [0.29, 0.717) is 12.0 Å². The van der Waals surface area contributed by atoms with Crippen molar-refractivity contribution in [2.24, 2.45) is 0 Å². The second kappa shape index (κ2) is 7.10. The second-order valence-electron chi connectivity index (χ2n) is 4.73. The Morgan fingerprint density at radius 2 is 1.95 bits per heavy atom. The predicted octanol–water partition coefficient (Wildman–Crippen LogP) is 2.15. The number of hydrogen-bond acceptors (Lipinski definition) is 3. The molecular weight excluding hydrogens is 286 g/mol. The SMILES string of the molecule is CCCC(C)NS(=O)(=O)c1cc(CNC)cc(F)c1F. The van der Waals surface area contributed by atoms with E-state index in [4.69, 9.17) is 0 Å². The summed E-state index contributed by atoms with van der Waals surface area (Å²) in [6, 6.07) is 1.80. The molecule has 0 radical (unpaired) electrons. The fraction of sp³-hybridized carbons (Fsp3) is 0.538. The van der Waals surface area contributed by atoms with Crippen LogP contribution in [0.25, 0.3) is 0 Å². The zero-order valence-electron chi connectivity index (χ0n) is 11.8. The van der Waals surface area contributed by atoms with Crippen LogP contribution in [-0.4, -0.2) is 21.5 Å². The average molecular weight is 306 g/mol. The highest BCUT2D eigenvalue weighted by atomic mass is 32.2. The van der Waals surface area contributed by atoms with Gasteiger partial charge in [0.1, 0.15) is 4.90 Å². The molecule has 1 aromatic rings. The molecule has 7 heteroatoms. The van der Waals surface area contributed by atoms with E-state index in [2.05, 4.69) is 10.0 Å². The molecule has 0 saturated heterocycles. The van der Waals surface area contributed by atoms with Crippen LogP contribution in [0.5, 0.6) is 0 Å². The first-order chi connectivity index (χ1) is 9.31. The van der Waals surface area contributed by atoms with Crippen LogP contribution in [0.15, 0.2) is 17.0 Å². The standard InChI is InChI=1S/C13H20F2N2O2S/c1-4-5-9(2)17-20(18,19)12-7-10(8-16-3)6-11(14)13(12)15/h6-7,9,16-17H,4-5,8H2,1-3H3. The molecule has 0 aliphatic rings.